The molecule has 8 heteroatoms. The number of piperidine rings is 1. The van der Waals surface area contributed by atoms with Crippen LogP contribution >= 0.6 is 11.8 Å². The molecule has 2 heterocycles. The van der Waals surface area contributed by atoms with Crippen LogP contribution in [-0.4, -0.2) is 57.0 Å². The van der Waals surface area contributed by atoms with Gasteiger partial charge in [0.15, 0.2) is 11.0 Å². The zero-order valence-corrected chi connectivity index (χ0v) is 15.9. The first-order valence-corrected chi connectivity index (χ1v) is 9.86. The van der Waals surface area contributed by atoms with Crippen molar-refractivity contribution in [2.75, 3.05) is 25.4 Å². The summed E-state index contributed by atoms with van der Waals surface area (Å²) >= 11 is 1.31. The Morgan fingerprint density at radius 2 is 2.04 bits per heavy atom. The standard InChI is InChI=1S/C18H24FN5OS/c1-3-24-10-8-13(9-11-24)20-16(25)12-26-18-22-21-17(23(18)2)14-6-4-5-7-15(14)19/h4-7,13H,3,8-12H2,1-2H3,(H,20,25). The van der Waals surface area contributed by atoms with E-state index >= 15 is 0 Å². The van der Waals surface area contributed by atoms with Crippen molar-refractivity contribution in [1.29, 1.82) is 0 Å². The summed E-state index contributed by atoms with van der Waals surface area (Å²) in [5, 5.41) is 11.9. The minimum atomic E-state index is -0.337. The van der Waals surface area contributed by atoms with Crippen molar-refractivity contribution in [3.8, 4) is 11.4 Å². The topological polar surface area (TPSA) is 63.1 Å². The lowest BCUT2D eigenvalue weighted by atomic mass is 10.1. The van der Waals surface area contributed by atoms with E-state index in [2.05, 4.69) is 27.3 Å². The van der Waals surface area contributed by atoms with Crippen LogP contribution in [0.2, 0.25) is 0 Å². The summed E-state index contributed by atoms with van der Waals surface area (Å²) in [6.45, 7) is 5.28. The summed E-state index contributed by atoms with van der Waals surface area (Å²) in [4.78, 5) is 14.6. The van der Waals surface area contributed by atoms with Crippen LogP contribution < -0.4 is 5.32 Å². The van der Waals surface area contributed by atoms with Gasteiger partial charge in [-0.15, -0.1) is 10.2 Å². The fraction of sp³-hybridized carbons (Fsp3) is 0.500. The number of benzene rings is 1. The van der Waals surface area contributed by atoms with Crippen LogP contribution in [0.4, 0.5) is 4.39 Å². The first-order chi connectivity index (χ1) is 12.6. The van der Waals surface area contributed by atoms with Crippen LogP contribution in [-0.2, 0) is 11.8 Å². The highest BCUT2D eigenvalue weighted by Crippen LogP contribution is 2.24. The lowest BCUT2D eigenvalue weighted by Gasteiger charge is -2.31. The Morgan fingerprint density at radius 1 is 1.31 bits per heavy atom. The number of hydrogen-bond donors (Lipinski definition) is 1. The molecule has 3 rings (SSSR count). The van der Waals surface area contributed by atoms with Crippen molar-refractivity contribution in [3.63, 3.8) is 0 Å². The highest BCUT2D eigenvalue weighted by atomic mass is 32.2. The van der Waals surface area contributed by atoms with E-state index in [0.29, 0.717) is 16.5 Å². The summed E-state index contributed by atoms with van der Waals surface area (Å²) in [7, 11) is 1.78. The molecule has 0 saturated carbocycles. The molecule has 140 valence electrons. The summed E-state index contributed by atoms with van der Waals surface area (Å²) < 4.78 is 15.7. The van der Waals surface area contributed by atoms with E-state index in [1.807, 2.05) is 0 Å². The smallest absolute Gasteiger partial charge is 0.230 e. The van der Waals surface area contributed by atoms with Gasteiger partial charge in [-0.05, 0) is 31.5 Å². The van der Waals surface area contributed by atoms with Gasteiger partial charge in [-0.1, -0.05) is 30.8 Å². The molecule has 0 unspecified atom stereocenters. The number of aromatic nitrogens is 3. The summed E-state index contributed by atoms with van der Waals surface area (Å²) in [6, 6.07) is 6.72. The second kappa shape index (κ2) is 8.64. The zero-order valence-electron chi connectivity index (χ0n) is 15.1. The number of nitrogens with one attached hydrogen (secondary N) is 1. The fourth-order valence-electron chi connectivity index (χ4n) is 3.11. The van der Waals surface area contributed by atoms with E-state index in [1.54, 1.807) is 29.8 Å². The molecule has 1 aliphatic rings. The molecule has 0 radical (unpaired) electrons. The predicted molar refractivity (Wildman–Crippen MR) is 100 cm³/mol. The number of carbonyl (C=O) groups is 1. The Balaban J connectivity index is 1.54. The second-order valence-electron chi connectivity index (χ2n) is 6.41. The Hall–Kier alpha value is -1.93. The van der Waals surface area contributed by atoms with Gasteiger partial charge in [0.05, 0.1) is 11.3 Å². The van der Waals surface area contributed by atoms with Gasteiger partial charge in [0, 0.05) is 26.2 Å². The highest BCUT2D eigenvalue weighted by Gasteiger charge is 2.20. The molecule has 1 fully saturated rings. The molecule has 6 nitrogen and oxygen atoms in total. The van der Waals surface area contributed by atoms with E-state index in [-0.39, 0.29) is 23.5 Å². The van der Waals surface area contributed by atoms with Gasteiger partial charge >= 0.3 is 0 Å². The Kier molecular flexibility index (Phi) is 6.26. The summed E-state index contributed by atoms with van der Waals surface area (Å²) in [6.07, 6.45) is 1.98. The van der Waals surface area contributed by atoms with Crippen LogP contribution in [0.15, 0.2) is 29.4 Å². The van der Waals surface area contributed by atoms with E-state index in [0.717, 1.165) is 32.5 Å². The van der Waals surface area contributed by atoms with Gasteiger partial charge in [0.2, 0.25) is 5.91 Å². The largest absolute Gasteiger partial charge is 0.353 e. The minimum absolute atomic E-state index is 0.000361. The molecular weight excluding hydrogens is 353 g/mol. The van der Waals surface area contributed by atoms with Crippen LogP contribution in [0.3, 0.4) is 0 Å². The van der Waals surface area contributed by atoms with Gasteiger partial charge in [0.1, 0.15) is 5.82 Å². The number of halogens is 1. The Labute approximate surface area is 157 Å². The number of hydrogen-bond acceptors (Lipinski definition) is 5. The van der Waals surface area contributed by atoms with E-state index in [4.69, 9.17) is 0 Å². The number of carbonyl (C=O) groups excluding carboxylic acids is 1. The summed E-state index contributed by atoms with van der Waals surface area (Å²) in [5.41, 5.74) is 0.404. The lowest BCUT2D eigenvalue weighted by molar-refractivity contribution is -0.119. The van der Waals surface area contributed by atoms with Crippen molar-refractivity contribution in [3.05, 3.63) is 30.1 Å². The van der Waals surface area contributed by atoms with Gasteiger partial charge in [-0.25, -0.2) is 4.39 Å². The van der Waals surface area contributed by atoms with Crippen molar-refractivity contribution in [2.45, 2.75) is 31.0 Å². The minimum Gasteiger partial charge on any atom is -0.353 e. The fourth-order valence-corrected chi connectivity index (χ4v) is 3.83. The average Bonchev–Trinajstić information content (AvgIpc) is 3.01. The third-order valence-electron chi connectivity index (χ3n) is 4.68. The quantitative estimate of drug-likeness (QED) is 0.783. The molecule has 0 aliphatic carbocycles. The molecule has 1 N–H and O–H groups in total. The first kappa shape index (κ1) is 18.8. The average molecular weight is 377 g/mol. The van der Waals surface area contributed by atoms with Crippen molar-refractivity contribution >= 4 is 17.7 Å². The zero-order chi connectivity index (χ0) is 18.5. The molecule has 1 aromatic carbocycles. The molecule has 1 saturated heterocycles. The number of amides is 1. The Bertz CT molecular complexity index is 758. The summed E-state index contributed by atoms with van der Waals surface area (Å²) in [5.74, 6) is 0.395. The monoisotopic (exact) mass is 377 g/mol. The second-order valence-corrected chi connectivity index (χ2v) is 7.35. The lowest BCUT2D eigenvalue weighted by Crippen LogP contribution is -2.45. The SMILES string of the molecule is CCN1CCC(NC(=O)CSc2nnc(-c3ccccc3F)n2C)CC1. The molecule has 0 atom stereocenters. The molecule has 1 aliphatic heterocycles. The number of rotatable bonds is 6. The van der Waals surface area contributed by atoms with Crippen LogP contribution in [0.25, 0.3) is 11.4 Å². The van der Waals surface area contributed by atoms with Crippen LogP contribution in [0.1, 0.15) is 19.8 Å². The van der Waals surface area contributed by atoms with Gasteiger partial charge in [0.25, 0.3) is 0 Å². The van der Waals surface area contributed by atoms with Crippen molar-refractivity contribution in [2.24, 2.45) is 7.05 Å². The maximum atomic E-state index is 13.9. The van der Waals surface area contributed by atoms with E-state index < -0.39 is 0 Å². The molecule has 0 bridgehead atoms. The maximum Gasteiger partial charge on any atom is 0.230 e. The number of nitrogens with zero attached hydrogens (tertiary/aromatic N) is 4. The van der Waals surface area contributed by atoms with E-state index in [9.17, 15) is 9.18 Å². The van der Waals surface area contributed by atoms with Crippen molar-refractivity contribution in [1.82, 2.24) is 25.0 Å². The highest BCUT2D eigenvalue weighted by molar-refractivity contribution is 7.99. The molecule has 0 spiro atoms. The van der Waals surface area contributed by atoms with Gasteiger partial charge in [-0.3, -0.25) is 4.79 Å². The van der Waals surface area contributed by atoms with Gasteiger partial charge < -0.3 is 14.8 Å². The molecule has 2 aromatic rings. The van der Waals surface area contributed by atoms with Gasteiger partial charge in [-0.2, -0.15) is 0 Å². The molecule has 1 aromatic heterocycles. The maximum absolute atomic E-state index is 13.9. The van der Waals surface area contributed by atoms with Crippen LogP contribution in [0, 0.1) is 5.82 Å². The van der Waals surface area contributed by atoms with Crippen LogP contribution in [0.5, 0.6) is 0 Å². The predicted octanol–water partition coefficient (Wildman–Crippen LogP) is 2.31. The van der Waals surface area contributed by atoms with E-state index in [1.165, 1.54) is 17.8 Å². The first-order valence-electron chi connectivity index (χ1n) is 8.87. The third kappa shape index (κ3) is 4.42. The molecular formula is C18H24FN5OS. The van der Waals surface area contributed by atoms with Crippen molar-refractivity contribution < 1.29 is 9.18 Å². The number of thioether (sulfide) groups is 1. The molecule has 1 amide bonds. The normalized spacial score (nSPS) is 16.0. The molecule has 26 heavy (non-hydrogen) atoms. The third-order valence-corrected chi connectivity index (χ3v) is 5.70. The number of likely N-dealkylation sites (tertiary alicyclic amines) is 1. The Morgan fingerprint density at radius 3 is 2.73 bits per heavy atom.